The molecule has 0 amide bonds. The van der Waals surface area contributed by atoms with Gasteiger partial charge in [-0.05, 0) is 56.0 Å². The van der Waals surface area contributed by atoms with Crippen LogP contribution >= 0.6 is 0 Å². The third kappa shape index (κ3) is 5.08. The van der Waals surface area contributed by atoms with Gasteiger partial charge in [0.2, 0.25) is 0 Å². The molecule has 30 heavy (non-hydrogen) atoms. The van der Waals surface area contributed by atoms with E-state index in [9.17, 15) is 10.2 Å². The highest BCUT2D eigenvalue weighted by Crippen LogP contribution is 2.49. The van der Waals surface area contributed by atoms with Gasteiger partial charge in [0.05, 0.1) is 18.3 Å². The van der Waals surface area contributed by atoms with Crippen LogP contribution in [0.1, 0.15) is 80.6 Å². The summed E-state index contributed by atoms with van der Waals surface area (Å²) in [7, 11) is -4.21. The third-order valence-electron chi connectivity index (χ3n) is 8.33. The van der Waals surface area contributed by atoms with Crippen LogP contribution in [0.3, 0.4) is 0 Å². The van der Waals surface area contributed by atoms with Crippen molar-refractivity contribution < 1.29 is 23.8 Å². The second-order valence-electron chi connectivity index (χ2n) is 12.8. The molecule has 1 saturated carbocycles. The molecule has 2 aliphatic rings. The number of hydrogen-bond acceptors (Lipinski definition) is 5. The van der Waals surface area contributed by atoms with Crippen LogP contribution in [0, 0.1) is 0 Å². The third-order valence-corrected chi connectivity index (χ3v) is 17.3. The van der Waals surface area contributed by atoms with Crippen LogP contribution in [-0.2, 0) is 13.6 Å². The number of ether oxygens (including phenoxy) is 1. The molecule has 0 aromatic carbocycles. The summed E-state index contributed by atoms with van der Waals surface area (Å²) in [5.41, 5.74) is -1.21. The molecule has 1 heterocycles. The fraction of sp³-hybridized carbons (Fsp3) is 1.00. The van der Waals surface area contributed by atoms with Crippen LogP contribution in [0.25, 0.3) is 0 Å². The molecule has 2 rings (SSSR count). The zero-order valence-corrected chi connectivity index (χ0v) is 23.4. The molecule has 0 unspecified atom stereocenters. The van der Waals surface area contributed by atoms with Gasteiger partial charge in [-0.2, -0.15) is 0 Å². The van der Waals surface area contributed by atoms with E-state index in [1.54, 1.807) is 0 Å². The first kappa shape index (κ1) is 26.5. The maximum absolute atomic E-state index is 11.6. The SMILES string of the molecule is C[C@@H]1O[C@](O)(C2(O)CCCC2)C[C@H](O[Si](C)(C)C(C)(C)C)[C@@H]1O[Si](C)(C)C(C)(C)C. The van der Waals surface area contributed by atoms with E-state index in [4.69, 9.17) is 13.6 Å². The first-order chi connectivity index (χ1) is 13.2. The molecule has 1 aliphatic heterocycles. The topological polar surface area (TPSA) is 68.2 Å². The normalized spacial score (nSPS) is 33.7. The van der Waals surface area contributed by atoms with E-state index in [0.29, 0.717) is 12.8 Å². The first-order valence-electron chi connectivity index (χ1n) is 11.7. The van der Waals surface area contributed by atoms with E-state index >= 15 is 0 Å². The van der Waals surface area contributed by atoms with Crippen LogP contribution < -0.4 is 0 Å². The molecule has 2 N–H and O–H groups in total. The molecule has 0 aromatic rings. The Hall–Kier alpha value is 0.234. The van der Waals surface area contributed by atoms with E-state index in [0.717, 1.165) is 12.8 Å². The zero-order valence-electron chi connectivity index (χ0n) is 21.4. The summed E-state index contributed by atoms with van der Waals surface area (Å²) in [6, 6.07) is 0. The fourth-order valence-corrected chi connectivity index (χ4v) is 6.82. The Morgan fingerprint density at radius 2 is 1.27 bits per heavy atom. The van der Waals surface area contributed by atoms with Gasteiger partial charge in [0.1, 0.15) is 5.60 Å². The Bertz CT molecular complexity index is 602. The highest BCUT2D eigenvalue weighted by molar-refractivity contribution is 6.74. The van der Waals surface area contributed by atoms with Gasteiger partial charge in [0, 0.05) is 6.42 Å². The molecular weight excluding hydrogens is 412 g/mol. The van der Waals surface area contributed by atoms with Crippen LogP contribution in [0.5, 0.6) is 0 Å². The summed E-state index contributed by atoms with van der Waals surface area (Å²) in [5.74, 6) is -1.59. The Balaban J connectivity index is 2.40. The van der Waals surface area contributed by atoms with Crippen molar-refractivity contribution in [2.45, 2.75) is 147 Å². The monoisotopic (exact) mass is 460 g/mol. The predicted octanol–water partition coefficient (Wildman–Crippen LogP) is 5.57. The Labute approximate surface area is 187 Å². The minimum atomic E-state index is -2.12. The molecule has 5 nitrogen and oxygen atoms in total. The van der Waals surface area contributed by atoms with E-state index in [-0.39, 0.29) is 34.8 Å². The average molecular weight is 461 g/mol. The maximum Gasteiger partial charge on any atom is 0.197 e. The lowest BCUT2D eigenvalue weighted by atomic mass is 9.83. The second-order valence-corrected chi connectivity index (χ2v) is 22.3. The van der Waals surface area contributed by atoms with Gasteiger partial charge in [-0.15, -0.1) is 0 Å². The Morgan fingerprint density at radius 1 is 0.833 bits per heavy atom. The molecule has 0 spiro atoms. The summed E-state index contributed by atoms with van der Waals surface area (Å²) in [4.78, 5) is 0. The van der Waals surface area contributed by atoms with Crippen molar-refractivity contribution in [2.24, 2.45) is 0 Å². The lowest BCUT2D eigenvalue weighted by Gasteiger charge is -2.54. The fourth-order valence-electron chi connectivity index (χ4n) is 4.12. The Kier molecular flexibility index (Phi) is 7.26. The number of hydrogen-bond donors (Lipinski definition) is 2. The zero-order chi connectivity index (χ0) is 23.4. The van der Waals surface area contributed by atoms with Crippen LogP contribution in [0.15, 0.2) is 0 Å². The van der Waals surface area contributed by atoms with Crippen molar-refractivity contribution in [2.75, 3.05) is 0 Å². The van der Waals surface area contributed by atoms with Crippen molar-refractivity contribution in [1.29, 1.82) is 0 Å². The van der Waals surface area contributed by atoms with Crippen molar-refractivity contribution in [3.63, 3.8) is 0 Å². The minimum Gasteiger partial charge on any atom is -0.411 e. The largest absolute Gasteiger partial charge is 0.411 e. The van der Waals surface area contributed by atoms with Gasteiger partial charge in [-0.3, -0.25) is 0 Å². The van der Waals surface area contributed by atoms with Crippen LogP contribution in [0.4, 0.5) is 0 Å². The molecule has 7 heteroatoms. The van der Waals surface area contributed by atoms with Gasteiger partial charge >= 0.3 is 0 Å². The van der Waals surface area contributed by atoms with Crippen molar-refractivity contribution in [3.8, 4) is 0 Å². The smallest absolute Gasteiger partial charge is 0.197 e. The molecule has 0 aromatic heterocycles. The highest BCUT2D eigenvalue weighted by Gasteiger charge is 2.60. The molecule has 4 atom stereocenters. The summed E-state index contributed by atoms with van der Waals surface area (Å²) in [6.45, 7) is 24.3. The van der Waals surface area contributed by atoms with Crippen LogP contribution in [-0.4, -0.2) is 56.5 Å². The summed E-state index contributed by atoms with van der Waals surface area (Å²) in [5, 5.41) is 22.9. The van der Waals surface area contributed by atoms with Gasteiger partial charge in [0.25, 0.3) is 0 Å². The van der Waals surface area contributed by atoms with E-state index < -0.39 is 28.0 Å². The standard InChI is InChI=1S/C23H48O5Si2/c1-17-19(28-30(10,11)21(5,6)7)18(27-29(8,9)20(2,3)4)16-23(25,26-17)22(24)14-12-13-15-22/h17-19,24-25H,12-16H2,1-11H3/t17-,18-,19+,23-/m0/s1. The van der Waals surface area contributed by atoms with Gasteiger partial charge < -0.3 is 23.8 Å². The Morgan fingerprint density at radius 3 is 1.70 bits per heavy atom. The molecule has 2 fully saturated rings. The minimum absolute atomic E-state index is 0.0401. The van der Waals surface area contributed by atoms with Crippen molar-refractivity contribution >= 4 is 16.6 Å². The number of aliphatic hydroxyl groups is 2. The molecular formula is C23H48O5Si2. The number of rotatable bonds is 5. The molecule has 178 valence electrons. The lowest BCUT2D eigenvalue weighted by molar-refractivity contribution is -0.354. The molecule has 1 saturated heterocycles. The second kappa shape index (κ2) is 8.22. The van der Waals surface area contributed by atoms with E-state index in [1.807, 2.05) is 6.92 Å². The van der Waals surface area contributed by atoms with Crippen LogP contribution in [0.2, 0.25) is 36.3 Å². The summed E-state index contributed by atoms with van der Waals surface area (Å²) >= 11 is 0. The maximum atomic E-state index is 11.6. The molecule has 0 bridgehead atoms. The predicted molar refractivity (Wildman–Crippen MR) is 128 cm³/mol. The van der Waals surface area contributed by atoms with Crippen molar-refractivity contribution in [3.05, 3.63) is 0 Å². The van der Waals surface area contributed by atoms with Crippen molar-refractivity contribution in [1.82, 2.24) is 0 Å². The van der Waals surface area contributed by atoms with Gasteiger partial charge in [0.15, 0.2) is 22.4 Å². The van der Waals surface area contributed by atoms with Gasteiger partial charge in [-0.1, -0.05) is 54.4 Å². The lowest BCUT2D eigenvalue weighted by Crippen LogP contribution is -2.67. The summed E-state index contributed by atoms with van der Waals surface area (Å²) in [6.07, 6.45) is 2.27. The highest BCUT2D eigenvalue weighted by atomic mass is 28.4. The van der Waals surface area contributed by atoms with E-state index in [2.05, 4.69) is 67.7 Å². The quantitative estimate of drug-likeness (QED) is 0.525. The van der Waals surface area contributed by atoms with E-state index in [1.165, 1.54) is 0 Å². The summed E-state index contributed by atoms with van der Waals surface area (Å²) < 4.78 is 19.9. The van der Waals surface area contributed by atoms with Gasteiger partial charge in [-0.25, -0.2) is 0 Å². The molecule has 0 radical (unpaired) electrons. The average Bonchev–Trinajstić information content (AvgIpc) is 2.97. The molecule has 1 aliphatic carbocycles. The first-order valence-corrected chi connectivity index (χ1v) is 17.5.